The molecule has 0 spiro atoms. The van der Waals surface area contributed by atoms with Crippen molar-refractivity contribution in [2.24, 2.45) is 0 Å². The largest absolute Gasteiger partial charge is 0.476 e. The molecule has 0 aliphatic rings. The highest BCUT2D eigenvalue weighted by Gasteiger charge is 2.01. The average molecular weight is 325 g/mol. The SMILES string of the molecule is COCO/C=C/CC(F)/C=C(\I)CC#N. The number of allylic oxidation sites excluding steroid dienone is 3. The summed E-state index contributed by atoms with van der Waals surface area (Å²) in [6.45, 7) is 0.162. The van der Waals surface area contributed by atoms with Crippen molar-refractivity contribution in [1.82, 2.24) is 0 Å². The van der Waals surface area contributed by atoms with Gasteiger partial charge in [-0.2, -0.15) is 5.26 Å². The molecular formula is C10H13FINO2. The second kappa shape index (κ2) is 9.93. The lowest BCUT2D eigenvalue weighted by Crippen LogP contribution is -1.94. The highest BCUT2D eigenvalue weighted by molar-refractivity contribution is 14.1. The summed E-state index contributed by atoms with van der Waals surface area (Å²) in [6, 6.07) is 1.96. The van der Waals surface area contributed by atoms with E-state index in [9.17, 15) is 4.39 Å². The molecule has 1 unspecified atom stereocenters. The van der Waals surface area contributed by atoms with Crippen LogP contribution in [0.15, 0.2) is 22.0 Å². The Morgan fingerprint density at radius 3 is 3.00 bits per heavy atom. The van der Waals surface area contributed by atoms with Gasteiger partial charge in [-0.05, 0) is 34.7 Å². The van der Waals surface area contributed by atoms with E-state index >= 15 is 0 Å². The molecule has 0 radical (unpaired) electrons. The standard InChI is InChI=1S/C10H13FINO2/c1-14-8-15-6-2-3-9(11)7-10(12)4-5-13/h2,6-7,9H,3-4,8H2,1H3/b6-2+,10-7-. The topological polar surface area (TPSA) is 42.2 Å². The maximum absolute atomic E-state index is 13.2. The summed E-state index contributed by atoms with van der Waals surface area (Å²) >= 11 is 1.95. The molecule has 0 amide bonds. The lowest BCUT2D eigenvalue weighted by atomic mass is 10.2. The van der Waals surface area contributed by atoms with Crippen LogP contribution in [0.25, 0.3) is 0 Å². The molecular weight excluding hydrogens is 312 g/mol. The van der Waals surface area contributed by atoms with Gasteiger partial charge in [-0.15, -0.1) is 0 Å². The van der Waals surface area contributed by atoms with Crippen LogP contribution in [0.2, 0.25) is 0 Å². The fraction of sp³-hybridized carbons (Fsp3) is 0.500. The number of hydrogen-bond acceptors (Lipinski definition) is 3. The van der Waals surface area contributed by atoms with Gasteiger partial charge >= 0.3 is 0 Å². The van der Waals surface area contributed by atoms with Crippen LogP contribution >= 0.6 is 22.6 Å². The lowest BCUT2D eigenvalue weighted by Gasteiger charge is -2.00. The Balaban J connectivity index is 3.74. The van der Waals surface area contributed by atoms with Crippen molar-refractivity contribution in [1.29, 1.82) is 5.26 Å². The van der Waals surface area contributed by atoms with Crippen LogP contribution in [0, 0.1) is 11.3 Å². The number of methoxy groups -OCH3 is 1. The van der Waals surface area contributed by atoms with Crippen molar-refractivity contribution in [3.8, 4) is 6.07 Å². The molecule has 5 heteroatoms. The van der Waals surface area contributed by atoms with Crippen LogP contribution in [0.5, 0.6) is 0 Å². The van der Waals surface area contributed by atoms with Crippen molar-refractivity contribution in [3.05, 3.63) is 22.0 Å². The van der Waals surface area contributed by atoms with E-state index in [0.29, 0.717) is 3.58 Å². The van der Waals surface area contributed by atoms with Gasteiger partial charge in [0.1, 0.15) is 6.17 Å². The van der Waals surface area contributed by atoms with Gasteiger partial charge in [0.05, 0.1) is 18.8 Å². The van der Waals surface area contributed by atoms with Crippen molar-refractivity contribution < 1.29 is 13.9 Å². The Hall–Kier alpha value is -0.610. The molecule has 1 atom stereocenters. The highest BCUT2D eigenvalue weighted by Crippen LogP contribution is 2.14. The summed E-state index contributed by atoms with van der Waals surface area (Å²) in [5.41, 5.74) is 0. The van der Waals surface area contributed by atoms with Gasteiger partial charge in [-0.3, -0.25) is 0 Å². The Morgan fingerprint density at radius 1 is 1.67 bits per heavy atom. The third-order valence-electron chi connectivity index (χ3n) is 1.35. The number of alkyl halides is 1. The molecule has 0 N–H and O–H groups in total. The van der Waals surface area contributed by atoms with Crippen LogP contribution in [0.4, 0.5) is 4.39 Å². The second-order valence-electron chi connectivity index (χ2n) is 2.65. The molecule has 0 saturated carbocycles. The molecule has 0 aliphatic heterocycles. The molecule has 3 nitrogen and oxygen atoms in total. The molecule has 0 bridgehead atoms. The highest BCUT2D eigenvalue weighted by atomic mass is 127. The smallest absolute Gasteiger partial charge is 0.187 e. The maximum Gasteiger partial charge on any atom is 0.187 e. The summed E-state index contributed by atoms with van der Waals surface area (Å²) in [4.78, 5) is 0. The first-order valence-corrected chi connectivity index (χ1v) is 5.41. The quantitative estimate of drug-likeness (QED) is 0.313. The normalized spacial score (nSPS) is 13.9. The van der Waals surface area contributed by atoms with Gasteiger partial charge in [0.15, 0.2) is 6.79 Å². The molecule has 0 aliphatic carbocycles. The summed E-state index contributed by atoms with van der Waals surface area (Å²) in [5.74, 6) is 0. The number of hydrogen-bond donors (Lipinski definition) is 0. The molecule has 0 fully saturated rings. The molecule has 0 saturated heterocycles. The predicted octanol–water partition coefficient (Wildman–Crippen LogP) is 3.08. The number of halogens is 2. The third kappa shape index (κ3) is 9.69. The molecule has 0 rings (SSSR count). The Morgan fingerprint density at radius 2 is 2.40 bits per heavy atom. The number of ether oxygens (including phenoxy) is 2. The van der Waals surface area contributed by atoms with Crippen LogP contribution in [0.1, 0.15) is 12.8 Å². The van der Waals surface area contributed by atoms with Crippen LogP contribution < -0.4 is 0 Å². The van der Waals surface area contributed by atoms with Gasteiger partial charge in [0, 0.05) is 17.1 Å². The fourth-order valence-electron chi connectivity index (χ4n) is 0.760. The van der Waals surface area contributed by atoms with Gasteiger partial charge in [0.2, 0.25) is 0 Å². The van der Waals surface area contributed by atoms with E-state index in [1.807, 2.05) is 28.7 Å². The van der Waals surface area contributed by atoms with E-state index < -0.39 is 6.17 Å². The zero-order valence-electron chi connectivity index (χ0n) is 8.45. The van der Waals surface area contributed by atoms with E-state index in [1.165, 1.54) is 19.4 Å². The average Bonchev–Trinajstić information content (AvgIpc) is 2.17. The molecule has 0 heterocycles. The number of nitriles is 1. The van der Waals surface area contributed by atoms with E-state index in [1.54, 1.807) is 6.08 Å². The minimum Gasteiger partial charge on any atom is -0.476 e. The first-order chi connectivity index (χ1) is 7.20. The number of nitrogens with zero attached hydrogens (tertiary/aromatic N) is 1. The van der Waals surface area contributed by atoms with Crippen LogP contribution in [0.3, 0.4) is 0 Å². The molecule has 15 heavy (non-hydrogen) atoms. The van der Waals surface area contributed by atoms with Gasteiger partial charge in [-0.25, -0.2) is 4.39 Å². The Bertz CT molecular complexity index is 261. The first-order valence-electron chi connectivity index (χ1n) is 4.33. The summed E-state index contributed by atoms with van der Waals surface area (Å²) in [6.07, 6.45) is 3.83. The zero-order valence-corrected chi connectivity index (χ0v) is 10.6. The molecule has 0 aromatic rings. The third-order valence-corrected chi connectivity index (χ3v) is 2.09. The first kappa shape index (κ1) is 14.4. The molecule has 84 valence electrons. The molecule has 0 aromatic carbocycles. The van der Waals surface area contributed by atoms with Crippen molar-refractivity contribution in [3.63, 3.8) is 0 Å². The minimum atomic E-state index is -1.08. The second-order valence-corrected chi connectivity index (χ2v) is 4.03. The zero-order chi connectivity index (χ0) is 11.5. The van der Waals surface area contributed by atoms with E-state index in [2.05, 4.69) is 4.74 Å². The monoisotopic (exact) mass is 325 g/mol. The Kier molecular flexibility index (Phi) is 9.52. The van der Waals surface area contributed by atoms with Gasteiger partial charge < -0.3 is 9.47 Å². The van der Waals surface area contributed by atoms with Crippen molar-refractivity contribution in [2.75, 3.05) is 13.9 Å². The van der Waals surface area contributed by atoms with Crippen LogP contribution in [-0.4, -0.2) is 20.1 Å². The summed E-state index contributed by atoms with van der Waals surface area (Å²) < 4.78 is 23.3. The Labute approximate surface area is 103 Å². The minimum absolute atomic E-state index is 0.162. The molecule has 0 aromatic heterocycles. The van der Waals surface area contributed by atoms with Crippen molar-refractivity contribution >= 4 is 22.6 Å². The van der Waals surface area contributed by atoms with Crippen molar-refractivity contribution in [2.45, 2.75) is 19.0 Å². The predicted molar refractivity (Wildman–Crippen MR) is 63.9 cm³/mol. The van der Waals surface area contributed by atoms with Crippen LogP contribution in [-0.2, 0) is 9.47 Å². The van der Waals surface area contributed by atoms with E-state index in [4.69, 9.17) is 10.00 Å². The summed E-state index contributed by atoms with van der Waals surface area (Å²) in [7, 11) is 1.51. The van der Waals surface area contributed by atoms with E-state index in [-0.39, 0.29) is 19.6 Å². The lowest BCUT2D eigenvalue weighted by molar-refractivity contribution is 0.0195. The van der Waals surface area contributed by atoms with Gasteiger partial charge in [-0.1, -0.05) is 0 Å². The van der Waals surface area contributed by atoms with E-state index in [0.717, 1.165) is 0 Å². The number of rotatable bonds is 7. The van der Waals surface area contributed by atoms with Gasteiger partial charge in [0.25, 0.3) is 0 Å². The fourth-order valence-corrected chi connectivity index (χ4v) is 1.32. The maximum atomic E-state index is 13.2. The summed E-state index contributed by atoms with van der Waals surface area (Å²) in [5, 5.41) is 8.36.